The van der Waals surface area contributed by atoms with Gasteiger partial charge in [0, 0.05) is 0 Å². The number of halogens is 2. The summed E-state index contributed by atoms with van der Waals surface area (Å²) in [4.78, 5) is 0. The summed E-state index contributed by atoms with van der Waals surface area (Å²) in [5, 5.41) is 0. The first kappa shape index (κ1) is 6.60. The molecule has 0 radical (unpaired) electrons. The summed E-state index contributed by atoms with van der Waals surface area (Å²) in [6.45, 7) is -0.878. The van der Waals surface area contributed by atoms with Crippen LogP contribution in [0.25, 0.3) is 0 Å². The van der Waals surface area contributed by atoms with E-state index < -0.39 is 13.3 Å². The second kappa shape index (κ2) is 5.60. The van der Waals surface area contributed by atoms with Crippen molar-refractivity contribution in [2.24, 2.45) is 0 Å². The molecule has 0 bridgehead atoms. The Kier molecular flexibility index (Phi) is 5.28. The molecule has 0 fully saturated rings. The predicted octanol–water partition coefficient (Wildman–Crippen LogP) is 1.87. The lowest BCUT2D eigenvalue weighted by Crippen LogP contribution is -1.68. The standard InChI is InChI=1S/C5H8F2/c6-4-2-1-3-5-7/h1-2H,3-5H2. The lowest BCUT2D eigenvalue weighted by atomic mass is 10.4. The highest BCUT2D eigenvalue weighted by molar-refractivity contribution is 4.80. The molecule has 0 amide bonds. The molecule has 0 nitrogen and oxygen atoms in total. The molecular formula is C5H8F2. The number of hydrogen-bond acceptors (Lipinski definition) is 0. The highest BCUT2D eigenvalue weighted by Crippen LogP contribution is 1.82. The van der Waals surface area contributed by atoms with Gasteiger partial charge in [-0.1, -0.05) is 12.2 Å². The van der Waals surface area contributed by atoms with Crippen LogP contribution in [0.4, 0.5) is 8.78 Å². The first-order chi connectivity index (χ1) is 3.41. The van der Waals surface area contributed by atoms with Gasteiger partial charge in [0.15, 0.2) is 0 Å². The fourth-order valence-electron chi connectivity index (χ4n) is 0.244. The molecule has 2 heteroatoms. The molecule has 0 spiro atoms. The minimum absolute atomic E-state index is 0.337. The molecule has 7 heavy (non-hydrogen) atoms. The zero-order valence-electron chi connectivity index (χ0n) is 4.03. The summed E-state index contributed by atoms with van der Waals surface area (Å²) in [5.41, 5.74) is 0. The van der Waals surface area contributed by atoms with E-state index in [1.807, 2.05) is 0 Å². The first-order valence-electron chi connectivity index (χ1n) is 2.18. The molecule has 0 aromatic rings. The fourth-order valence-corrected chi connectivity index (χ4v) is 0.244. The van der Waals surface area contributed by atoms with E-state index in [0.717, 1.165) is 0 Å². The molecule has 0 N–H and O–H groups in total. The Morgan fingerprint density at radius 1 is 1.14 bits per heavy atom. The van der Waals surface area contributed by atoms with Gasteiger partial charge in [-0.2, -0.15) is 0 Å². The van der Waals surface area contributed by atoms with Gasteiger partial charge in [0.1, 0.15) is 6.67 Å². The molecule has 0 saturated carbocycles. The molecule has 0 saturated heterocycles. The monoisotopic (exact) mass is 106 g/mol. The normalized spacial score (nSPS) is 10.6. The lowest BCUT2D eigenvalue weighted by molar-refractivity contribution is 0.499. The van der Waals surface area contributed by atoms with Crippen LogP contribution >= 0.6 is 0 Å². The van der Waals surface area contributed by atoms with Crippen LogP contribution in [0, 0.1) is 0 Å². The highest BCUT2D eigenvalue weighted by Gasteiger charge is 1.72. The molecule has 0 aromatic carbocycles. The summed E-state index contributed by atoms with van der Waals surface area (Å²) in [6, 6.07) is 0. The Balaban J connectivity index is 2.78. The maximum Gasteiger partial charge on any atom is 0.108 e. The van der Waals surface area contributed by atoms with Crippen LogP contribution in [0.2, 0.25) is 0 Å². The predicted molar refractivity (Wildman–Crippen MR) is 25.7 cm³/mol. The van der Waals surface area contributed by atoms with E-state index >= 15 is 0 Å². The van der Waals surface area contributed by atoms with E-state index in [1.54, 1.807) is 0 Å². The molecule has 0 aliphatic carbocycles. The van der Waals surface area contributed by atoms with Gasteiger partial charge >= 0.3 is 0 Å². The maximum atomic E-state index is 11.1. The van der Waals surface area contributed by atoms with E-state index in [-0.39, 0.29) is 0 Å². The van der Waals surface area contributed by atoms with Crippen LogP contribution in [-0.2, 0) is 0 Å². The Labute approximate surface area is 41.8 Å². The van der Waals surface area contributed by atoms with Gasteiger partial charge in [-0.25, -0.2) is 4.39 Å². The van der Waals surface area contributed by atoms with Crippen molar-refractivity contribution in [3.05, 3.63) is 12.2 Å². The molecule has 0 atom stereocenters. The highest BCUT2D eigenvalue weighted by atomic mass is 19.1. The Morgan fingerprint density at radius 2 is 1.86 bits per heavy atom. The van der Waals surface area contributed by atoms with Gasteiger partial charge in [0.2, 0.25) is 0 Å². The van der Waals surface area contributed by atoms with Crippen LogP contribution in [0.5, 0.6) is 0 Å². The van der Waals surface area contributed by atoms with Crippen LogP contribution in [-0.4, -0.2) is 13.3 Å². The van der Waals surface area contributed by atoms with Crippen molar-refractivity contribution in [2.75, 3.05) is 13.3 Å². The summed E-state index contributed by atoms with van der Waals surface area (Å²) >= 11 is 0. The molecule has 0 aliphatic rings. The second-order valence-electron chi connectivity index (χ2n) is 1.10. The lowest BCUT2D eigenvalue weighted by Gasteiger charge is -1.76. The van der Waals surface area contributed by atoms with Crippen molar-refractivity contribution in [3.63, 3.8) is 0 Å². The summed E-state index contributed by atoms with van der Waals surface area (Å²) in [7, 11) is 0. The van der Waals surface area contributed by atoms with Crippen molar-refractivity contribution in [1.29, 1.82) is 0 Å². The number of rotatable bonds is 3. The zero-order chi connectivity index (χ0) is 5.54. The molecule has 0 unspecified atom stereocenters. The Hall–Kier alpha value is -0.400. The topological polar surface area (TPSA) is 0 Å². The second-order valence-corrected chi connectivity index (χ2v) is 1.10. The SMILES string of the molecule is FCC=CCCF. The maximum absolute atomic E-state index is 11.1. The summed E-state index contributed by atoms with van der Waals surface area (Å²) in [5.74, 6) is 0. The average Bonchev–Trinajstić information content (AvgIpc) is 1.69. The molecule has 42 valence electrons. The van der Waals surface area contributed by atoms with E-state index in [0.29, 0.717) is 6.42 Å². The number of allylic oxidation sites excluding steroid dienone is 2. The minimum atomic E-state index is -0.486. The number of hydrogen-bond donors (Lipinski definition) is 0. The Bertz CT molecular complexity index is 50.0. The Morgan fingerprint density at radius 3 is 2.29 bits per heavy atom. The van der Waals surface area contributed by atoms with Gasteiger partial charge in [0.05, 0.1) is 6.67 Å². The van der Waals surface area contributed by atoms with Gasteiger partial charge in [-0.3, -0.25) is 4.39 Å². The third kappa shape index (κ3) is 5.60. The third-order valence-corrected chi connectivity index (χ3v) is 0.532. The third-order valence-electron chi connectivity index (χ3n) is 0.532. The molecule has 0 aliphatic heterocycles. The molecule has 0 heterocycles. The first-order valence-corrected chi connectivity index (χ1v) is 2.18. The molecule has 0 aromatic heterocycles. The van der Waals surface area contributed by atoms with E-state index in [1.165, 1.54) is 12.2 Å². The molecule has 0 rings (SSSR count). The van der Waals surface area contributed by atoms with Crippen molar-refractivity contribution in [3.8, 4) is 0 Å². The summed E-state index contributed by atoms with van der Waals surface area (Å²) in [6.07, 6.45) is 3.13. The van der Waals surface area contributed by atoms with Crippen molar-refractivity contribution in [1.82, 2.24) is 0 Å². The quantitative estimate of drug-likeness (QED) is 0.482. The van der Waals surface area contributed by atoms with Gasteiger partial charge in [0.25, 0.3) is 0 Å². The van der Waals surface area contributed by atoms with Gasteiger partial charge in [-0.05, 0) is 6.42 Å². The van der Waals surface area contributed by atoms with E-state index in [2.05, 4.69) is 0 Å². The van der Waals surface area contributed by atoms with Gasteiger partial charge in [-0.15, -0.1) is 0 Å². The number of alkyl halides is 2. The van der Waals surface area contributed by atoms with Gasteiger partial charge < -0.3 is 0 Å². The average molecular weight is 106 g/mol. The summed E-state index contributed by atoms with van der Waals surface area (Å²) < 4.78 is 22.2. The van der Waals surface area contributed by atoms with Crippen LogP contribution in [0.3, 0.4) is 0 Å². The smallest absolute Gasteiger partial charge is 0.108 e. The largest absolute Gasteiger partial charge is 0.251 e. The van der Waals surface area contributed by atoms with E-state index in [9.17, 15) is 8.78 Å². The minimum Gasteiger partial charge on any atom is -0.251 e. The van der Waals surface area contributed by atoms with Crippen molar-refractivity contribution >= 4 is 0 Å². The van der Waals surface area contributed by atoms with Crippen LogP contribution in [0.1, 0.15) is 6.42 Å². The zero-order valence-corrected chi connectivity index (χ0v) is 4.03. The fraction of sp³-hybridized carbons (Fsp3) is 0.600. The molecular weight excluding hydrogens is 98.1 g/mol. The van der Waals surface area contributed by atoms with Crippen molar-refractivity contribution < 1.29 is 8.78 Å². The van der Waals surface area contributed by atoms with Crippen molar-refractivity contribution in [2.45, 2.75) is 6.42 Å². The van der Waals surface area contributed by atoms with Crippen LogP contribution < -0.4 is 0 Å². The van der Waals surface area contributed by atoms with Crippen LogP contribution in [0.15, 0.2) is 12.2 Å². The van der Waals surface area contributed by atoms with E-state index in [4.69, 9.17) is 0 Å².